The van der Waals surface area contributed by atoms with Crippen molar-refractivity contribution in [1.29, 1.82) is 0 Å². The number of hydrogen-bond acceptors (Lipinski definition) is 5. The monoisotopic (exact) mass is 589 g/mol. The quantitative estimate of drug-likeness (QED) is 0.205. The number of furan rings is 2. The third-order valence-electron chi connectivity index (χ3n) is 8.90. The minimum Gasteiger partial charge on any atom is -0.456 e. The fourth-order valence-corrected chi connectivity index (χ4v) is 6.77. The van der Waals surface area contributed by atoms with Gasteiger partial charge in [0.15, 0.2) is 17.5 Å². The Morgan fingerprint density at radius 1 is 0.391 bits per heavy atom. The molecular formula is C41H23N3O2. The van der Waals surface area contributed by atoms with Crippen LogP contribution in [0.15, 0.2) is 148 Å². The molecule has 0 radical (unpaired) electrons. The van der Waals surface area contributed by atoms with E-state index in [0.717, 1.165) is 82.1 Å². The highest BCUT2D eigenvalue weighted by molar-refractivity contribution is 6.20. The lowest BCUT2D eigenvalue weighted by atomic mass is 9.97. The standard InChI is InChI=1S/C41H23N3O2/c1-2-11-25-22-27(21-20-24(25)10-1)39-42-40(32-17-9-16-30-29-14-5-7-18-33(29)46-38(30)32)44-41(43-39)37-28-13-4-3-12-26(28)23-35-36(37)31-15-6-8-19-34(31)45-35/h1-23H. The molecule has 7 aromatic carbocycles. The number of nitrogens with zero attached hydrogens (tertiary/aromatic N) is 3. The number of rotatable bonds is 3. The second kappa shape index (κ2) is 9.58. The summed E-state index contributed by atoms with van der Waals surface area (Å²) in [6.45, 7) is 0. The van der Waals surface area contributed by atoms with Crippen molar-refractivity contribution >= 4 is 65.4 Å². The molecular weight excluding hydrogens is 566 g/mol. The minimum absolute atomic E-state index is 0.548. The van der Waals surface area contributed by atoms with E-state index >= 15 is 0 Å². The molecule has 3 aromatic heterocycles. The van der Waals surface area contributed by atoms with E-state index in [9.17, 15) is 0 Å². The van der Waals surface area contributed by atoms with Crippen LogP contribution in [0.3, 0.4) is 0 Å². The van der Waals surface area contributed by atoms with Gasteiger partial charge in [0.05, 0.1) is 5.56 Å². The molecule has 0 N–H and O–H groups in total. The van der Waals surface area contributed by atoms with Crippen LogP contribution in [0.5, 0.6) is 0 Å². The molecule has 0 unspecified atom stereocenters. The fourth-order valence-electron chi connectivity index (χ4n) is 6.77. The maximum Gasteiger partial charge on any atom is 0.167 e. The lowest BCUT2D eigenvalue weighted by molar-refractivity contribution is 0.669. The van der Waals surface area contributed by atoms with Gasteiger partial charge in [0.2, 0.25) is 0 Å². The minimum atomic E-state index is 0.548. The number of aromatic nitrogens is 3. The zero-order chi connectivity index (χ0) is 30.2. The molecule has 0 fully saturated rings. The zero-order valence-corrected chi connectivity index (χ0v) is 24.4. The van der Waals surface area contributed by atoms with Crippen molar-refractivity contribution in [2.45, 2.75) is 0 Å². The first-order chi connectivity index (χ1) is 22.8. The van der Waals surface area contributed by atoms with Crippen molar-refractivity contribution in [1.82, 2.24) is 15.0 Å². The SMILES string of the molecule is c1ccc2cc(-c3nc(-c4cccc5c4oc4ccccc45)nc(-c4c5ccccc5cc5oc6ccccc6c45)n3)ccc2c1. The van der Waals surface area contributed by atoms with Gasteiger partial charge in [-0.25, -0.2) is 15.0 Å². The molecule has 0 spiro atoms. The summed E-state index contributed by atoms with van der Waals surface area (Å²) in [6, 6.07) is 47.5. The van der Waals surface area contributed by atoms with Crippen LogP contribution < -0.4 is 0 Å². The second-order valence-electron chi connectivity index (χ2n) is 11.6. The van der Waals surface area contributed by atoms with Gasteiger partial charge in [0.1, 0.15) is 22.3 Å². The average Bonchev–Trinajstić information content (AvgIpc) is 3.68. The highest BCUT2D eigenvalue weighted by Gasteiger charge is 2.22. The van der Waals surface area contributed by atoms with Gasteiger partial charge in [-0.2, -0.15) is 0 Å². The van der Waals surface area contributed by atoms with Crippen LogP contribution in [0, 0.1) is 0 Å². The number of benzene rings is 7. The van der Waals surface area contributed by atoms with Gasteiger partial charge in [-0.15, -0.1) is 0 Å². The van der Waals surface area contributed by atoms with Crippen LogP contribution in [0.25, 0.3) is 99.6 Å². The summed E-state index contributed by atoms with van der Waals surface area (Å²) in [5, 5.41) is 8.47. The highest BCUT2D eigenvalue weighted by atomic mass is 16.3. The van der Waals surface area contributed by atoms with Gasteiger partial charge in [0, 0.05) is 32.7 Å². The number of hydrogen-bond donors (Lipinski definition) is 0. The Balaban J connectivity index is 1.33. The summed E-state index contributed by atoms with van der Waals surface area (Å²) in [6.07, 6.45) is 0. The maximum absolute atomic E-state index is 6.46. The molecule has 46 heavy (non-hydrogen) atoms. The molecule has 3 heterocycles. The molecule has 5 nitrogen and oxygen atoms in total. The van der Waals surface area contributed by atoms with Crippen LogP contribution in [0.1, 0.15) is 0 Å². The Morgan fingerprint density at radius 2 is 1.04 bits per heavy atom. The fraction of sp³-hybridized carbons (Fsp3) is 0. The molecule has 0 aliphatic carbocycles. The zero-order valence-electron chi connectivity index (χ0n) is 24.4. The van der Waals surface area contributed by atoms with Crippen LogP contribution in [-0.2, 0) is 0 Å². The first kappa shape index (κ1) is 25.0. The van der Waals surface area contributed by atoms with Crippen molar-refractivity contribution in [2.75, 3.05) is 0 Å². The number of para-hydroxylation sites is 3. The van der Waals surface area contributed by atoms with Crippen molar-refractivity contribution < 1.29 is 8.83 Å². The van der Waals surface area contributed by atoms with Crippen LogP contribution in [0.2, 0.25) is 0 Å². The summed E-state index contributed by atoms with van der Waals surface area (Å²) in [5.74, 6) is 1.72. The van der Waals surface area contributed by atoms with Crippen molar-refractivity contribution in [3.8, 4) is 34.2 Å². The predicted octanol–water partition coefficient (Wildman–Crippen LogP) is 11.0. The summed E-state index contributed by atoms with van der Waals surface area (Å²) >= 11 is 0. The Kier molecular flexibility index (Phi) is 5.22. The van der Waals surface area contributed by atoms with E-state index in [2.05, 4.69) is 84.9 Å². The highest BCUT2D eigenvalue weighted by Crippen LogP contribution is 2.42. The third-order valence-corrected chi connectivity index (χ3v) is 8.90. The number of fused-ring (bicyclic) bond motifs is 8. The summed E-state index contributed by atoms with van der Waals surface area (Å²) < 4.78 is 12.9. The Bertz CT molecular complexity index is 2830. The average molecular weight is 590 g/mol. The van der Waals surface area contributed by atoms with Crippen molar-refractivity contribution in [2.24, 2.45) is 0 Å². The van der Waals surface area contributed by atoms with E-state index < -0.39 is 0 Å². The lowest BCUT2D eigenvalue weighted by Crippen LogP contribution is -2.01. The summed E-state index contributed by atoms with van der Waals surface area (Å²) in [5.41, 5.74) is 5.84. The molecule has 0 aliphatic heterocycles. The van der Waals surface area contributed by atoms with E-state index in [-0.39, 0.29) is 0 Å². The second-order valence-corrected chi connectivity index (χ2v) is 11.6. The molecule has 10 rings (SSSR count). The lowest BCUT2D eigenvalue weighted by Gasteiger charge is -2.12. The van der Waals surface area contributed by atoms with E-state index in [1.165, 1.54) is 0 Å². The molecule has 214 valence electrons. The van der Waals surface area contributed by atoms with E-state index in [1.807, 2.05) is 54.6 Å². The third kappa shape index (κ3) is 3.72. The Labute approximate surface area is 262 Å². The predicted molar refractivity (Wildman–Crippen MR) is 186 cm³/mol. The van der Waals surface area contributed by atoms with Gasteiger partial charge in [-0.1, -0.05) is 109 Å². The first-order valence-corrected chi connectivity index (χ1v) is 15.3. The van der Waals surface area contributed by atoms with Crippen LogP contribution in [-0.4, -0.2) is 15.0 Å². The van der Waals surface area contributed by atoms with Crippen LogP contribution >= 0.6 is 0 Å². The van der Waals surface area contributed by atoms with Gasteiger partial charge in [0.25, 0.3) is 0 Å². The molecule has 0 saturated carbocycles. The topological polar surface area (TPSA) is 65.0 Å². The Hall–Kier alpha value is -6.33. The largest absolute Gasteiger partial charge is 0.456 e. The van der Waals surface area contributed by atoms with Gasteiger partial charge in [-0.3, -0.25) is 0 Å². The Morgan fingerprint density at radius 3 is 1.91 bits per heavy atom. The van der Waals surface area contributed by atoms with E-state index in [1.54, 1.807) is 0 Å². The van der Waals surface area contributed by atoms with Gasteiger partial charge in [-0.05, 0) is 51.9 Å². The first-order valence-electron chi connectivity index (χ1n) is 15.3. The molecule has 10 aromatic rings. The van der Waals surface area contributed by atoms with Gasteiger partial charge < -0.3 is 8.83 Å². The molecule has 0 amide bonds. The summed E-state index contributed by atoms with van der Waals surface area (Å²) in [4.78, 5) is 15.6. The summed E-state index contributed by atoms with van der Waals surface area (Å²) in [7, 11) is 0. The maximum atomic E-state index is 6.46. The molecule has 5 heteroatoms. The molecule has 0 aliphatic rings. The van der Waals surface area contributed by atoms with Gasteiger partial charge >= 0.3 is 0 Å². The van der Waals surface area contributed by atoms with E-state index in [0.29, 0.717) is 17.5 Å². The van der Waals surface area contributed by atoms with Crippen molar-refractivity contribution in [3.63, 3.8) is 0 Å². The van der Waals surface area contributed by atoms with Crippen molar-refractivity contribution in [3.05, 3.63) is 140 Å². The molecule has 0 atom stereocenters. The normalized spacial score (nSPS) is 11.9. The molecule has 0 bridgehead atoms. The van der Waals surface area contributed by atoms with Crippen LogP contribution in [0.4, 0.5) is 0 Å². The smallest absolute Gasteiger partial charge is 0.167 e. The van der Waals surface area contributed by atoms with E-state index in [4.69, 9.17) is 23.8 Å². The molecule has 0 saturated heterocycles.